The Bertz CT molecular complexity index is 213. The highest BCUT2D eigenvalue weighted by Crippen LogP contribution is 2.42. The van der Waals surface area contributed by atoms with Gasteiger partial charge in [-0.25, -0.2) is 0 Å². The van der Waals surface area contributed by atoms with Crippen LogP contribution in [0, 0.1) is 11.8 Å². The molecular weight excluding hydrogens is 196 g/mol. The van der Waals surface area contributed by atoms with E-state index < -0.39 is 0 Å². The molecular formula is C14H30N2. The second-order valence-electron chi connectivity index (χ2n) is 6.11. The summed E-state index contributed by atoms with van der Waals surface area (Å²) in [5.41, 5.74) is 6.41. The van der Waals surface area contributed by atoms with E-state index in [9.17, 15) is 0 Å². The molecule has 0 aromatic rings. The molecule has 0 heterocycles. The Kier molecular flexibility index (Phi) is 4.81. The van der Waals surface area contributed by atoms with Gasteiger partial charge in [-0.2, -0.15) is 0 Å². The van der Waals surface area contributed by atoms with E-state index >= 15 is 0 Å². The van der Waals surface area contributed by atoms with E-state index in [2.05, 4.69) is 39.6 Å². The Morgan fingerprint density at radius 3 is 2.31 bits per heavy atom. The molecule has 0 saturated heterocycles. The van der Waals surface area contributed by atoms with Crippen LogP contribution in [-0.4, -0.2) is 30.1 Å². The van der Waals surface area contributed by atoms with Crippen molar-refractivity contribution in [3.8, 4) is 0 Å². The largest absolute Gasteiger partial charge is 0.329 e. The average molecular weight is 226 g/mol. The van der Waals surface area contributed by atoms with E-state index in [1.165, 1.54) is 25.7 Å². The minimum Gasteiger partial charge on any atom is -0.329 e. The van der Waals surface area contributed by atoms with Gasteiger partial charge in [0.1, 0.15) is 0 Å². The second kappa shape index (κ2) is 5.50. The van der Waals surface area contributed by atoms with Gasteiger partial charge in [-0.1, -0.05) is 26.7 Å². The van der Waals surface area contributed by atoms with Crippen LogP contribution in [0.5, 0.6) is 0 Å². The summed E-state index contributed by atoms with van der Waals surface area (Å²) in [7, 11) is 2.26. The summed E-state index contributed by atoms with van der Waals surface area (Å²) in [4.78, 5) is 2.54. The zero-order chi connectivity index (χ0) is 12.3. The van der Waals surface area contributed by atoms with Crippen LogP contribution in [0.2, 0.25) is 0 Å². The number of rotatable bonds is 4. The average Bonchev–Trinajstić information content (AvgIpc) is 2.27. The predicted molar refractivity (Wildman–Crippen MR) is 71.5 cm³/mol. The van der Waals surface area contributed by atoms with Crippen molar-refractivity contribution in [2.24, 2.45) is 17.6 Å². The molecule has 0 amide bonds. The van der Waals surface area contributed by atoms with Crippen molar-refractivity contribution in [2.75, 3.05) is 13.6 Å². The lowest BCUT2D eigenvalue weighted by molar-refractivity contribution is -0.0147. The number of hydrogen-bond acceptors (Lipinski definition) is 2. The molecule has 0 aromatic carbocycles. The van der Waals surface area contributed by atoms with Crippen molar-refractivity contribution in [3.05, 3.63) is 0 Å². The van der Waals surface area contributed by atoms with E-state index in [4.69, 9.17) is 5.73 Å². The summed E-state index contributed by atoms with van der Waals surface area (Å²) >= 11 is 0. The zero-order valence-electron chi connectivity index (χ0n) is 11.8. The third-order valence-corrected chi connectivity index (χ3v) is 4.70. The van der Waals surface area contributed by atoms with Gasteiger partial charge >= 0.3 is 0 Å². The maximum atomic E-state index is 6.16. The van der Waals surface area contributed by atoms with Crippen molar-refractivity contribution >= 4 is 0 Å². The summed E-state index contributed by atoms with van der Waals surface area (Å²) in [6.45, 7) is 10.1. The lowest BCUT2D eigenvalue weighted by atomic mass is 9.66. The van der Waals surface area contributed by atoms with Crippen molar-refractivity contribution in [2.45, 2.75) is 65.0 Å². The molecule has 1 saturated carbocycles. The first-order valence-electron chi connectivity index (χ1n) is 6.88. The summed E-state index contributed by atoms with van der Waals surface area (Å²) < 4.78 is 0. The van der Waals surface area contributed by atoms with E-state index in [0.29, 0.717) is 6.04 Å². The molecule has 1 fully saturated rings. The van der Waals surface area contributed by atoms with Crippen molar-refractivity contribution in [3.63, 3.8) is 0 Å². The van der Waals surface area contributed by atoms with Crippen molar-refractivity contribution in [1.82, 2.24) is 4.90 Å². The number of nitrogens with zero attached hydrogens (tertiary/aromatic N) is 1. The third kappa shape index (κ3) is 2.43. The fourth-order valence-electron chi connectivity index (χ4n) is 3.55. The lowest BCUT2D eigenvalue weighted by Gasteiger charge is -2.53. The van der Waals surface area contributed by atoms with Crippen LogP contribution >= 0.6 is 0 Å². The van der Waals surface area contributed by atoms with Gasteiger partial charge in [-0.15, -0.1) is 0 Å². The Labute approximate surface area is 102 Å². The van der Waals surface area contributed by atoms with Crippen LogP contribution in [0.1, 0.15) is 53.4 Å². The molecule has 0 aromatic heterocycles. The van der Waals surface area contributed by atoms with Gasteiger partial charge in [0, 0.05) is 18.1 Å². The molecule has 0 bridgehead atoms. The fraction of sp³-hybridized carbons (Fsp3) is 1.00. The van der Waals surface area contributed by atoms with Gasteiger partial charge in [0.25, 0.3) is 0 Å². The molecule has 16 heavy (non-hydrogen) atoms. The van der Waals surface area contributed by atoms with Gasteiger partial charge < -0.3 is 5.73 Å². The first kappa shape index (κ1) is 14.0. The van der Waals surface area contributed by atoms with Crippen molar-refractivity contribution < 1.29 is 0 Å². The summed E-state index contributed by atoms with van der Waals surface area (Å²) in [5.74, 6) is 1.50. The molecule has 1 aliphatic carbocycles. The SMILES string of the molecule is CC(C)C1CCCCC1(CN)N(C)C(C)C. The minimum atomic E-state index is 0.251. The van der Waals surface area contributed by atoms with Gasteiger partial charge in [0.05, 0.1) is 0 Å². The van der Waals surface area contributed by atoms with Gasteiger partial charge in [0.2, 0.25) is 0 Å². The summed E-state index contributed by atoms with van der Waals surface area (Å²) in [6, 6.07) is 0.586. The summed E-state index contributed by atoms with van der Waals surface area (Å²) in [5, 5.41) is 0. The highest BCUT2D eigenvalue weighted by atomic mass is 15.2. The monoisotopic (exact) mass is 226 g/mol. The molecule has 0 spiro atoms. The third-order valence-electron chi connectivity index (χ3n) is 4.70. The van der Waals surface area contributed by atoms with Crippen LogP contribution < -0.4 is 5.73 Å². The number of nitrogens with two attached hydrogens (primary N) is 1. The fourth-order valence-corrected chi connectivity index (χ4v) is 3.55. The van der Waals surface area contributed by atoms with Crippen molar-refractivity contribution in [1.29, 1.82) is 0 Å². The predicted octanol–water partition coefficient (Wildman–Crippen LogP) is 2.87. The molecule has 0 radical (unpaired) electrons. The Morgan fingerprint density at radius 1 is 1.25 bits per heavy atom. The summed E-state index contributed by atoms with van der Waals surface area (Å²) in [6.07, 6.45) is 5.36. The van der Waals surface area contributed by atoms with E-state index in [1.807, 2.05) is 0 Å². The highest BCUT2D eigenvalue weighted by molar-refractivity contribution is 5.00. The molecule has 2 atom stereocenters. The molecule has 96 valence electrons. The lowest BCUT2D eigenvalue weighted by Crippen LogP contribution is -2.61. The molecule has 0 aliphatic heterocycles. The number of hydrogen-bond donors (Lipinski definition) is 1. The second-order valence-corrected chi connectivity index (χ2v) is 6.11. The van der Waals surface area contributed by atoms with Crippen LogP contribution in [0.15, 0.2) is 0 Å². The molecule has 1 aliphatic rings. The Morgan fingerprint density at radius 2 is 1.88 bits per heavy atom. The molecule has 1 rings (SSSR count). The molecule has 2 N–H and O–H groups in total. The zero-order valence-corrected chi connectivity index (χ0v) is 11.8. The van der Waals surface area contributed by atoms with Gasteiger partial charge in [-0.05, 0) is 45.6 Å². The number of likely N-dealkylation sites (N-methyl/N-ethyl adjacent to an activating group) is 1. The molecule has 2 heteroatoms. The van der Waals surface area contributed by atoms with E-state index in [1.54, 1.807) is 0 Å². The van der Waals surface area contributed by atoms with E-state index in [-0.39, 0.29) is 5.54 Å². The van der Waals surface area contributed by atoms with E-state index in [0.717, 1.165) is 18.4 Å². The molecule has 2 unspecified atom stereocenters. The standard InChI is InChI=1S/C14H30N2/c1-11(2)13-8-6-7-9-14(13,10-15)16(5)12(3)4/h11-13H,6-10,15H2,1-5H3. The molecule has 2 nitrogen and oxygen atoms in total. The van der Waals surface area contributed by atoms with Gasteiger partial charge in [0.15, 0.2) is 0 Å². The van der Waals surface area contributed by atoms with Crippen LogP contribution in [-0.2, 0) is 0 Å². The van der Waals surface area contributed by atoms with Crippen LogP contribution in [0.3, 0.4) is 0 Å². The van der Waals surface area contributed by atoms with Gasteiger partial charge in [-0.3, -0.25) is 4.90 Å². The maximum Gasteiger partial charge on any atom is 0.0361 e. The van der Waals surface area contributed by atoms with Crippen LogP contribution in [0.4, 0.5) is 0 Å². The smallest absolute Gasteiger partial charge is 0.0361 e. The minimum absolute atomic E-state index is 0.251. The Hall–Kier alpha value is -0.0800. The first-order valence-corrected chi connectivity index (χ1v) is 6.88. The topological polar surface area (TPSA) is 29.3 Å². The highest BCUT2D eigenvalue weighted by Gasteiger charge is 2.44. The quantitative estimate of drug-likeness (QED) is 0.798. The van der Waals surface area contributed by atoms with Crippen LogP contribution in [0.25, 0.3) is 0 Å². The normalized spacial score (nSPS) is 31.7. The Balaban J connectivity index is 2.96. The first-order chi connectivity index (χ1) is 7.45. The maximum absolute atomic E-state index is 6.16.